The van der Waals surface area contributed by atoms with Gasteiger partial charge in [0.25, 0.3) is 0 Å². The summed E-state index contributed by atoms with van der Waals surface area (Å²) in [5.41, 5.74) is 3.16. The summed E-state index contributed by atoms with van der Waals surface area (Å²) < 4.78 is 7.03. The Balaban J connectivity index is 0.000000606. The highest BCUT2D eigenvalue weighted by Crippen LogP contribution is 2.22. The molecule has 0 radical (unpaired) electrons. The number of nitrogens with zero attached hydrogens (tertiary/aromatic N) is 3. The van der Waals surface area contributed by atoms with Gasteiger partial charge in [0.05, 0.1) is 18.3 Å². The van der Waals surface area contributed by atoms with Crippen LogP contribution in [0.2, 0.25) is 0 Å². The maximum absolute atomic E-state index is 5.23. The molecule has 0 N–H and O–H groups in total. The van der Waals surface area contributed by atoms with E-state index in [1.807, 2.05) is 40.7 Å². The molecule has 2 rings (SSSR count). The van der Waals surface area contributed by atoms with Crippen molar-refractivity contribution in [3.63, 3.8) is 0 Å². The fourth-order valence-electron chi connectivity index (χ4n) is 1.74. The highest BCUT2D eigenvalue weighted by Gasteiger charge is 2.10. The first-order valence-corrected chi connectivity index (χ1v) is 5.51. The first kappa shape index (κ1) is 12.5. The van der Waals surface area contributed by atoms with E-state index >= 15 is 0 Å². The molecule has 0 spiro atoms. The van der Waals surface area contributed by atoms with Crippen molar-refractivity contribution in [1.82, 2.24) is 14.6 Å². The van der Waals surface area contributed by atoms with Gasteiger partial charge in [-0.15, -0.1) is 5.10 Å². The van der Waals surface area contributed by atoms with Crippen LogP contribution in [0.5, 0.6) is 5.88 Å². The van der Waals surface area contributed by atoms with E-state index in [1.54, 1.807) is 11.6 Å². The average Bonchev–Trinajstić information content (AvgIpc) is 2.58. The van der Waals surface area contributed by atoms with E-state index in [4.69, 9.17) is 4.74 Å². The van der Waals surface area contributed by atoms with Crippen LogP contribution in [0.15, 0.2) is 6.07 Å². The second kappa shape index (κ2) is 4.96. The van der Waals surface area contributed by atoms with E-state index in [0.29, 0.717) is 0 Å². The van der Waals surface area contributed by atoms with Crippen LogP contribution in [0.3, 0.4) is 0 Å². The standard InChI is InChI=1S/C10H13N3O.C2H6/c1-6-5-9(14-4)13-10(6)7(2)11-8(3)12-13;1-2/h5H,1-4H3;1-2H3. The molecule has 16 heavy (non-hydrogen) atoms. The maximum atomic E-state index is 5.23. The van der Waals surface area contributed by atoms with Crippen LogP contribution in [0.1, 0.15) is 30.9 Å². The molecule has 0 aliphatic carbocycles. The smallest absolute Gasteiger partial charge is 0.215 e. The SMILES string of the molecule is CC.COc1cc(C)c2c(C)nc(C)nn12. The van der Waals surface area contributed by atoms with Gasteiger partial charge in [-0.3, -0.25) is 0 Å². The van der Waals surface area contributed by atoms with E-state index in [1.165, 1.54) is 0 Å². The molecule has 0 saturated heterocycles. The summed E-state index contributed by atoms with van der Waals surface area (Å²) in [7, 11) is 1.65. The van der Waals surface area contributed by atoms with Crippen molar-refractivity contribution in [3.8, 4) is 5.88 Å². The highest BCUT2D eigenvalue weighted by atomic mass is 16.5. The summed E-state index contributed by atoms with van der Waals surface area (Å²) in [5.74, 6) is 1.51. The van der Waals surface area contributed by atoms with Gasteiger partial charge in [0.1, 0.15) is 5.82 Å². The quantitative estimate of drug-likeness (QED) is 0.743. The van der Waals surface area contributed by atoms with Crippen molar-refractivity contribution in [2.45, 2.75) is 34.6 Å². The van der Waals surface area contributed by atoms with Crippen LogP contribution < -0.4 is 4.74 Å². The molecule has 88 valence electrons. The number of aryl methyl sites for hydroxylation is 3. The number of fused-ring (bicyclic) bond motifs is 1. The molecular formula is C12H19N3O. The lowest BCUT2D eigenvalue weighted by atomic mass is 10.3. The number of ether oxygens (including phenoxy) is 1. The number of hydrogen-bond donors (Lipinski definition) is 0. The third kappa shape index (κ3) is 2.01. The van der Waals surface area contributed by atoms with Crippen molar-refractivity contribution in [1.29, 1.82) is 0 Å². The molecule has 4 nitrogen and oxygen atoms in total. The Hall–Kier alpha value is -1.58. The fraction of sp³-hybridized carbons (Fsp3) is 0.500. The van der Waals surface area contributed by atoms with Crippen LogP contribution >= 0.6 is 0 Å². The molecule has 0 aromatic carbocycles. The molecule has 2 aromatic heterocycles. The Kier molecular flexibility index (Phi) is 3.88. The first-order chi connectivity index (χ1) is 7.63. The van der Waals surface area contributed by atoms with Gasteiger partial charge in [-0.2, -0.15) is 4.52 Å². The molecule has 0 saturated carbocycles. The Morgan fingerprint density at radius 2 is 1.81 bits per heavy atom. The molecule has 0 atom stereocenters. The van der Waals surface area contributed by atoms with Gasteiger partial charge in [0, 0.05) is 6.07 Å². The van der Waals surface area contributed by atoms with E-state index in [2.05, 4.69) is 10.1 Å². The molecule has 2 aromatic rings. The van der Waals surface area contributed by atoms with Crippen LogP contribution in [-0.2, 0) is 0 Å². The third-order valence-corrected chi connectivity index (χ3v) is 2.26. The number of aromatic nitrogens is 3. The van der Waals surface area contributed by atoms with Gasteiger partial charge >= 0.3 is 0 Å². The molecule has 0 aliphatic rings. The lowest BCUT2D eigenvalue weighted by Crippen LogP contribution is -2.02. The van der Waals surface area contributed by atoms with Gasteiger partial charge in [-0.1, -0.05) is 13.8 Å². The van der Waals surface area contributed by atoms with E-state index in [0.717, 1.165) is 28.5 Å². The molecule has 0 amide bonds. The molecule has 0 aliphatic heterocycles. The Labute approximate surface area is 96.3 Å². The molecule has 0 bridgehead atoms. The van der Waals surface area contributed by atoms with Crippen molar-refractivity contribution in [3.05, 3.63) is 23.1 Å². The highest BCUT2D eigenvalue weighted by molar-refractivity contribution is 5.60. The summed E-state index contributed by atoms with van der Waals surface area (Å²) in [6, 6.07) is 1.97. The topological polar surface area (TPSA) is 39.4 Å². The van der Waals surface area contributed by atoms with Gasteiger partial charge in [0.2, 0.25) is 5.88 Å². The average molecular weight is 221 g/mol. The van der Waals surface area contributed by atoms with E-state index in [9.17, 15) is 0 Å². The van der Waals surface area contributed by atoms with Gasteiger partial charge in [-0.25, -0.2) is 4.98 Å². The molecular weight excluding hydrogens is 202 g/mol. The monoisotopic (exact) mass is 221 g/mol. The molecule has 2 heterocycles. The summed E-state index contributed by atoms with van der Waals surface area (Å²) in [6.07, 6.45) is 0. The summed E-state index contributed by atoms with van der Waals surface area (Å²) in [4.78, 5) is 4.32. The minimum Gasteiger partial charge on any atom is -0.481 e. The normalized spacial score (nSPS) is 9.88. The summed E-state index contributed by atoms with van der Waals surface area (Å²) in [5, 5.41) is 4.31. The summed E-state index contributed by atoms with van der Waals surface area (Å²) in [6.45, 7) is 9.89. The van der Waals surface area contributed by atoms with E-state index < -0.39 is 0 Å². The minimum atomic E-state index is 0.754. The molecule has 0 fully saturated rings. The Bertz CT molecular complexity index is 488. The number of hydrogen-bond acceptors (Lipinski definition) is 3. The molecule has 4 heteroatoms. The molecule has 0 unspecified atom stereocenters. The third-order valence-electron chi connectivity index (χ3n) is 2.26. The van der Waals surface area contributed by atoms with Crippen LogP contribution in [0, 0.1) is 20.8 Å². The zero-order valence-corrected chi connectivity index (χ0v) is 10.8. The predicted octanol–water partition coefficient (Wildman–Crippen LogP) is 2.69. The second-order valence-electron chi connectivity index (χ2n) is 3.37. The Morgan fingerprint density at radius 1 is 1.19 bits per heavy atom. The lowest BCUT2D eigenvalue weighted by molar-refractivity contribution is 0.386. The predicted molar refractivity (Wildman–Crippen MR) is 65.1 cm³/mol. The number of methoxy groups -OCH3 is 1. The van der Waals surface area contributed by atoms with Crippen LogP contribution in [-0.4, -0.2) is 21.7 Å². The van der Waals surface area contributed by atoms with Gasteiger partial charge in [0.15, 0.2) is 0 Å². The fourth-order valence-corrected chi connectivity index (χ4v) is 1.74. The second-order valence-corrected chi connectivity index (χ2v) is 3.37. The van der Waals surface area contributed by atoms with Crippen molar-refractivity contribution < 1.29 is 4.74 Å². The Morgan fingerprint density at radius 3 is 2.38 bits per heavy atom. The lowest BCUT2D eigenvalue weighted by Gasteiger charge is -2.03. The van der Waals surface area contributed by atoms with Crippen molar-refractivity contribution in [2.24, 2.45) is 0 Å². The van der Waals surface area contributed by atoms with Crippen molar-refractivity contribution >= 4 is 5.52 Å². The number of rotatable bonds is 1. The van der Waals surface area contributed by atoms with Crippen LogP contribution in [0.25, 0.3) is 5.52 Å². The zero-order chi connectivity index (χ0) is 12.3. The maximum Gasteiger partial charge on any atom is 0.215 e. The summed E-state index contributed by atoms with van der Waals surface area (Å²) >= 11 is 0. The largest absolute Gasteiger partial charge is 0.481 e. The van der Waals surface area contributed by atoms with Crippen LogP contribution in [0.4, 0.5) is 0 Å². The van der Waals surface area contributed by atoms with E-state index in [-0.39, 0.29) is 0 Å². The zero-order valence-electron chi connectivity index (χ0n) is 10.8. The first-order valence-electron chi connectivity index (χ1n) is 5.51. The minimum absolute atomic E-state index is 0.754. The van der Waals surface area contributed by atoms with Gasteiger partial charge in [-0.05, 0) is 26.3 Å². The van der Waals surface area contributed by atoms with Crippen molar-refractivity contribution in [2.75, 3.05) is 7.11 Å². The van der Waals surface area contributed by atoms with Gasteiger partial charge < -0.3 is 4.74 Å².